The van der Waals surface area contributed by atoms with Crippen molar-refractivity contribution in [3.05, 3.63) is 95.8 Å². The van der Waals surface area contributed by atoms with Gasteiger partial charge in [0.25, 0.3) is 0 Å². The second-order valence-electron chi connectivity index (χ2n) is 7.32. The van der Waals surface area contributed by atoms with Crippen molar-refractivity contribution in [2.75, 3.05) is 7.11 Å². The summed E-state index contributed by atoms with van der Waals surface area (Å²) in [6, 6.07) is 22.2. The van der Waals surface area contributed by atoms with E-state index in [0.29, 0.717) is 13.0 Å². The first-order valence-electron chi connectivity index (χ1n) is 9.97. The van der Waals surface area contributed by atoms with Gasteiger partial charge in [-0.05, 0) is 58.3 Å². The number of hydrogen-bond acceptors (Lipinski definition) is 3. The van der Waals surface area contributed by atoms with Crippen LogP contribution in [0.2, 0.25) is 0 Å². The first kappa shape index (κ1) is 19.6. The Hall–Kier alpha value is -3.66. The van der Waals surface area contributed by atoms with Crippen LogP contribution < -0.4 is 10.1 Å². The normalized spacial score (nSPS) is 10.7. The summed E-state index contributed by atoms with van der Waals surface area (Å²) >= 11 is 0. The third-order valence-electron chi connectivity index (χ3n) is 5.30. The fraction of sp³-hybridized carbons (Fsp3) is 0.154. The van der Waals surface area contributed by atoms with Gasteiger partial charge in [0.15, 0.2) is 0 Å². The summed E-state index contributed by atoms with van der Waals surface area (Å²) in [5.41, 5.74) is 5.41. The lowest BCUT2D eigenvalue weighted by atomic mass is 9.95. The number of benzene rings is 3. The molecule has 4 aromatic rings. The van der Waals surface area contributed by atoms with Gasteiger partial charge in [0.2, 0.25) is 5.91 Å². The van der Waals surface area contributed by atoms with E-state index in [1.807, 2.05) is 55.6 Å². The van der Waals surface area contributed by atoms with Crippen LogP contribution in [0.3, 0.4) is 0 Å². The predicted molar refractivity (Wildman–Crippen MR) is 120 cm³/mol. The zero-order valence-corrected chi connectivity index (χ0v) is 17.2. The first-order chi connectivity index (χ1) is 14.7. The van der Waals surface area contributed by atoms with Crippen molar-refractivity contribution in [2.24, 2.45) is 0 Å². The van der Waals surface area contributed by atoms with E-state index in [-0.39, 0.29) is 5.91 Å². The number of nitrogens with one attached hydrogen (secondary N) is 1. The molecule has 0 atom stereocenters. The van der Waals surface area contributed by atoms with Crippen LogP contribution in [0.4, 0.5) is 0 Å². The van der Waals surface area contributed by atoms with Crippen molar-refractivity contribution in [3.8, 4) is 16.9 Å². The first-order valence-corrected chi connectivity index (χ1v) is 9.97. The molecular formula is C26H24N2O2. The number of ether oxygens (including phenoxy) is 1. The topological polar surface area (TPSA) is 51.2 Å². The van der Waals surface area contributed by atoms with Gasteiger partial charge in [0.05, 0.1) is 13.5 Å². The number of carbonyl (C=O) groups is 1. The molecule has 30 heavy (non-hydrogen) atoms. The number of fused-ring (bicyclic) bond motifs is 1. The van der Waals surface area contributed by atoms with Crippen LogP contribution in [0.1, 0.15) is 16.7 Å². The van der Waals surface area contributed by atoms with Crippen LogP contribution in [0.15, 0.2) is 79.1 Å². The predicted octanol–water partition coefficient (Wildman–Crippen LogP) is 5.08. The van der Waals surface area contributed by atoms with Gasteiger partial charge in [0.1, 0.15) is 5.75 Å². The maximum absolute atomic E-state index is 12.4. The van der Waals surface area contributed by atoms with E-state index in [2.05, 4.69) is 34.6 Å². The monoisotopic (exact) mass is 396 g/mol. The summed E-state index contributed by atoms with van der Waals surface area (Å²) in [5.74, 6) is 0.885. The van der Waals surface area contributed by atoms with E-state index in [9.17, 15) is 4.79 Å². The highest BCUT2D eigenvalue weighted by Gasteiger charge is 2.11. The molecule has 0 saturated heterocycles. The Kier molecular flexibility index (Phi) is 5.75. The van der Waals surface area contributed by atoms with Crippen LogP contribution >= 0.6 is 0 Å². The van der Waals surface area contributed by atoms with Crippen molar-refractivity contribution < 1.29 is 9.53 Å². The number of rotatable bonds is 6. The highest BCUT2D eigenvalue weighted by molar-refractivity contribution is 5.98. The van der Waals surface area contributed by atoms with Gasteiger partial charge < -0.3 is 10.1 Å². The lowest BCUT2D eigenvalue weighted by Gasteiger charge is -2.13. The fourth-order valence-corrected chi connectivity index (χ4v) is 3.74. The third-order valence-corrected chi connectivity index (χ3v) is 5.30. The van der Waals surface area contributed by atoms with E-state index in [1.54, 1.807) is 13.3 Å². The van der Waals surface area contributed by atoms with Gasteiger partial charge in [-0.2, -0.15) is 0 Å². The third kappa shape index (κ3) is 4.18. The van der Waals surface area contributed by atoms with Gasteiger partial charge in [0, 0.05) is 24.3 Å². The Morgan fingerprint density at radius 3 is 2.60 bits per heavy atom. The van der Waals surface area contributed by atoms with Crippen LogP contribution in [0, 0.1) is 6.92 Å². The Balaban J connectivity index is 1.59. The number of nitrogens with zero attached hydrogens (tertiary/aromatic N) is 1. The number of hydrogen-bond donors (Lipinski definition) is 1. The lowest BCUT2D eigenvalue weighted by Crippen LogP contribution is -2.24. The SMILES string of the molecule is COc1ccc(-c2ccc(CNC(=O)Cc3ccccc3)c3cnccc23)cc1C. The van der Waals surface area contributed by atoms with E-state index in [1.165, 1.54) is 0 Å². The van der Waals surface area contributed by atoms with Gasteiger partial charge in [-0.1, -0.05) is 48.5 Å². The number of carbonyl (C=O) groups excluding carboxylic acids is 1. The van der Waals surface area contributed by atoms with E-state index < -0.39 is 0 Å². The number of methoxy groups -OCH3 is 1. The summed E-state index contributed by atoms with van der Waals surface area (Å²) < 4.78 is 5.39. The highest BCUT2D eigenvalue weighted by Crippen LogP contribution is 2.32. The van der Waals surface area contributed by atoms with Crippen LogP contribution in [0.5, 0.6) is 5.75 Å². The molecule has 1 aromatic heterocycles. The molecule has 150 valence electrons. The molecule has 1 amide bonds. The van der Waals surface area contributed by atoms with Crippen LogP contribution in [0.25, 0.3) is 21.9 Å². The zero-order chi connectivity index (χ0) is 20.9. The zero-order valence-electron chi connectivity index (χ0n) is 17.2. The quantitative estimate of drug-likeness (QED) is 0.495. The highest BCUT2D eigenvalue weighted by atomic mass is 16.5. The van der Waals surface area contributed by atoms with Gasteiger partial charge >= 0.3 is 0 Å². The molecule has 0 radical (unpaired) electrons. The number of aromatic nitrogens is 1. The van der Waals surface area contributed by atoms with Crippen molar-refractivity contribution in [3.63, 3.8) is 0 Å². The molecule has 0 aliphatic heterocycles. The molecule has 1 heterocycles. The molecule has 4 rings (SSSR count). The molecule has 0 saturated carbocycles. The number of amides is 1. The molecule has 4 heteroatoms. The van der Waals surface area contributed by atoms with Crippen LogP contribution in [-0.2, 0) is 17.8 Å². The van der Waals surface area contributed by atoms with Gasteiger partial charge in [-0.25, -0.2) is 0 Å². The maximum Gasteiger partial charge on any atom is 0.224 e. The molecule has 3 aromatic carbocycles. The average molecular weight is 396 g/mol. The summed E-state index contributed by atoms with van der Waals surface area (Å²) in [4.78, 5) is 16.7. The maximum atomic E-state index is 12.4. The van der Waals surface area contributed by atoms with Crippen molar-refractivity contribution in [2.45, 2.75) is 19.9 Å². The Bertz CT molecular complexity index is 1190. The molecule has 0 bridgehead atoms. The summed E-state index contributed by atoms with van der Waals surface area (Å²) in [5, 5.41) is 5.20. The molecule has 0 aliphatic carbocycles. The fourth-order valence-electron chi connectivity index (χ4n) is 3.74. The molecule has 0 fully saturated rings. The van der Waals surface area contributed by atoms with Crippen LogP contribution in [-0.4, -0.2) is 18.0 Å². The van der Waals surface area contributed by atoms with E-state index in [4.69, 9.17) is 4.74 Å². The van der Waals surface area contributed by atoms with Crippen molar-refractivity contribution in [1.29, 1.82) is 0 Å². The molecule has 0 aliphatic rings. The summed E-state index contributed by atoms with van der Waals surface area (Å²) in [6.45, 7) is 2.51. The molecule has 1 N–H and O–H groups in total. The van der Waals surface area contributed by atoms with Crippen molar-refractivity contribution >= 4 is 16.7 Å². The lowest BCUT2D eigenvalue weighted by molar-refractivity contribution is -0.120. The van der Waals surface area contributed by atoms with Gasteiger partial charge in [-0.15, -0.1) is 0 Å². The number of pyridine rings is 1. The van der Waals surface area contributed by atoms with Gasteiger partial charge in [-0.3, -0.25) is 9.78 Å². The average Bonchev–Trinajstić information content (AvgIpc) is 2.78. The summed E-state index contributed by atoms with van der Waals surface area (Å²) in [6.07, 6.45) is 4.05. The second-order valence-corrected chi connectivity index (χ2v) is 7.32. The standard InChI is InChI=1S/C26H24N2O2/c1-18-14-20(9-11-25(18)30-2)22-10-8-21(24-17-27-13-12-23(22)24)16-28-26(29)15-19-6-4-3-5-7-19/h3-14,17H,15-16H2,1-2H3,(H,28,29). The molecule has 4 nitrogen and oxygen atoms in total. The van der Waals surface area contributed by atoms with E-state index >= 15 is 0 Å². The number of aryl methyl sites for hydroxylation is 1. The molecule has 0 spiro atoms. The minimum absolute atomic E-state index is 0.00750. The second kappa shape index (κ2) is 8.78. The minimum Gasteiger partial charge on any atom is -0.496 e. The smallest absolute Gasteiger partial charge is 0.224 e. The molecular weight excluding hydrogens is 372 g/mol. The Labute approximate surface area is 176 Å². The van der Waals surface area contributed by atoms with E-state index in [0.717, 1.165) is 44.3 Å². The molecule has 0 unspecified atom stereocenters. The Morgan fingerprint density at radius 1 is 1.00 bits per heavy atom. The summed E-state index contributed by atoms with van der Waals surface area (Å²) in [7, 11) is 1.68. The largest absolute Gasteiger partial charge is 0.496 e. The van der Waals surface area contributed by atoms with Crippen molar-refractivity contribution in [1.82, 2.24) is 10.3 Å². The minimum atomic E-state index is 0.00750. The Morgan fingerprint density at radius 2 is 1.83 bits per heavy atom.